The maximum Gasteiger partial charge on any atom is 0.292 e. The minimum absolute atomic E-state index is 0.207. The highest BCUT2D eigenvalue weighted by Gasteiger charge is 2.01. The maximum atomic E-state index is 5.34. The smallest absolute Gasteiger partial charge is 0.292 e. The molecule has 0 atom stereocenters. The fraction of sp³-hybridized carbons (Fsp3) is 0.111. The number of aromatic nitrogens is 2. The zero-order valence-corrected chi connectivity index (χ0v) is 6.97. The molecule has 0 bridgehead atoms. The lowest BCUT2D eigenvalue weighted by atomic mass is 10.2. The summed E-state index contributed by atoms with van der Waals surface area (Å²) in [5.41, 5.74) is 6.42. The molecular formula is C9H9N3O. The van der Waals surface area contributed by atoms with Gasteiger partial charge in [0.05, 0.1) is 6.20 Å². The molecule has 0 saturated carbocycles. The maximum absolute atomic E-state index is 5.34. The average molecular weight is 175 g/mol. The lowest BCUT2D eigenvalue weighted by molar-refractivity contribution is 0.534. The van der Waals surface area contributed by atoms with Crippen LogP contribution in [-0.4, -0.2) is 9.97 Å². The lowest BCUT2D eigenvalue weighted by Crippen LogP contribution is -1.86. The van der Waals surface area contributed by atoms with Gasteiger partial charge in [-0.25, -0.2) is 4.98 Å². The van der Waals surface area contributed by atoms with E-state index in [4.69, 9.17) is 10.2 Å². The van der Waals surface area contributed by atoms with E-state index in [-0.39, 0.29) is 6.01 Å². The van der Waals surface area contributed by atoms with Crippen molar-refractivity contribution in [3.63, 3.8) is 0 Å². The second-order valence-corrected chi connectivity index (χ2v) is 2.70. The molecule has 0 saturated heterocycles. The second kappa shape index (κ2) is 3.26. The molecule has 2 heterocycles. The van der Waals surface area contributed by atoms with E-state index in [1.165, 1.54) is 0 Å². The van der Waals surface area contributed by atoms with Gasteiger partial charge in [-0.3, -0.25) is 4.98 Å². The molecule has 66 valence electrons. The number of hydrogen-bond acceptors (Lipinski definition) is 4. The second-order valence-electron chi connectivity index (χ2n) is 2.70. The molecule has 2 aromatic heterocycles. The summed E-state index contributed by atoms with van der Waals surface area (Å²) in [6.07, 6.45) is 5.83. The Morgan fingerprint density at radius 3 is 2.92 bits per heavy atom. The lowest BCUT2D eigenvalue weighted by Gasteiger charge is -1.94. The van der Waals surface area contributed by atoms with E-state index >= 15 is 0 Å². The van der Waals surface area contributed by atoms with Gasteiger partial charge in [-0.2, -0.15) is 0 Å². The largest absolute Gasteiger partial charge is 0.429 e. The number of anilines is 1. The summed E-state index contributed by atoms with van der Waals surface area (Å²) < 4.78 is 5.13. The molecule has 2 aromatic rings. The third-order valence-corrected chi connectivity index (χ3v) is 1.67. The van der Waals surface area contributed by atoms with Crippen molar-refractivity contribution in [2.75, 3.05) is 5.73 Å². The van der Waals surface area contributed by atoms with Crippen LogP contribution in [0.4, 0.5) is 6.01 Å². The highest BCUT2D eigenvalue weighted by molar-refractivity contribution is 5.18. The summed E-state index contributed by atoms with van der Waals surface area (Å²) in [4.78, 5) is 7.80. The van der Waals surface area contributed by atoms with E-state index in [1.54, 1.807) is 18.6 Å². The molecule has 0 spiro atoms. The van der Waals surface area contributed by atoms with Crippen LogP contribution < -0.4 is 5.73 Å². The van der Waals surface area contributed by atoms with Crippen molar-refractivity contribution in [2.24, 2.45) is 0 Å². The van der Waals surface area contributed by atoms with E-state index in [2.05, 4.69) is 9.97 Å². The minimum Gasteiger partial charge on any atom is -0.429 e. The van der Waals surface area contributed by atoms with Crippen molar-refractivity contribution < 1.29 is 4.42 Å². The standard InChI is InChI=1S/C9H9N3O/c10-9-12-6-8(13-9)4-7-2-1-3-11-5-7/h1-3,5-6H,4H2,(H2,10,12). The predicted octanol–water partition coefficient (Wildman–Crippen LogP) is 1.24. The number of nitrogen functional groups attached to an aromatic ring is 1. The third-order valence-electron chi connectivity index (χ3n) is 1.67. The summed E-state index contributed by atoms with van der Waals surface area (Å²) in [7, 11) is 0. The third kappa shape index (κ3) is 1.84. The molecule has 0 unspecified atom stereocenters. The van der Waals surface area contributed by atoms with E-state index < -0.39 is 0 Å². The van der Waals surface area contributed by atoms with Crippen LogP contribution in [0, 0.1) is 0 Å². The highest BCUT2D eigenvalue weighted by atomic mass is 16.4. The van der Waals surface area contributed by atoms with Crippen molar-refractivity contribution in [3.05, 3.63) is 42.0 Å². The van der Waals surface area contributed by atoms with Gasteiger partial charge in [-0.1, -0.05) is 6.07 Å². The van der Waals surface area contributed by atoms with E-state index in [0.717, 1.165) is 11.3 Å². The number of hydrogen-bond donors (Lipinski definition) is 1. The van der Waals surface area contributed by atoms with Crippen LogP contribution >= 0.6 is 0 Å². The number of nitrogens with zero attached hydrogens (tertiary/aromatic N) is 2. The fourth-order valence-corrected chi connectivity index (χ4v) is 1.11. The Labute approximate surface area is 75.4 Å². The Balaban J connectivity index is 2.15. The van der Waals surface area contributed by atoms with Crippen molar-refractivity contribution in [1.29, 1.82) is 0 Å². The van der Waals surface area contributed by atoms with E-state index in [9.17, 15) is 0 Å². The first-order valence-electron chi connectivity index (χ1n) is 3.93. The summed E-state index contributed by atoms with van der Waals surface area (Å²) in [5.74, 6) is 0.755. The molecule has 0 aliphatic carbocycles. The predicted molar refractivity (Wildman–Crippen MR) is 48.0 cm³/mol. The molecule has 0 aliphatic rings. The zero-order chi connectivity index (χ0) is 9.10. The van der Waals surface area contributed by atoms with Gasteiger partial charge in [0.25, 0.3) is 6.01 Å². The van der Waals surface area contributed by atoms with Crippen LogP contribution in [0.3, 0.4) is 0 Å². The van der Waals surface area contributed by atoms with Gasteiger partial charge in [-0.15, -0.1) is 0 Å². The first-order chi connectivity index (χ1) is 6.34. The fourth-order valence-electron chi connectivity index (χ4n) is 1.11. The summed E-state index contributed by atoms with van der Waals surface area (Å²) in [5, 5.41) is 0. The molecular weight excluding hydrogens is 166 g/mol. The van der Waals surface area contributed by atoms with Crippen LogP contribution in [-0.2, 0) is 6.42 Å². The van der Waals surface area contributed by atoms with Crippen LogP contribution in [0.15, 0.2) is 35.1 Å². The number of rotatable bonds is 2. The average Bonchev–Trinajstić information content (AvgIpc) is 2.53. The number of pyridine rings is 1. The van der Waals surface area contributed by atoms with Gasteiger partial charge in [0.2, 0.25) is 0 Å². The van der Waals surface area contributed by atoms with Crippen LogP contribution in [0.5, 0.6) is 0 Å². The van der Waals surface area contributed by atoms with Gasteiger partial charge in [0.15, 0.2) is 0 Å². The van der Waals surface area contributed by atoms with E-state index in [0.29, 0.717) is 6.42 Å². The quantitative estimate of drug-likeness (QED) is 0.745. The molecule has 0 amide bonds. The van der Waals surface area contributed by atoms with Gasteiger partial charge >= 0.3 is 0 Å². The molecule has 0 fully saturated rings. The Morgan fingerprint density at radius 1 is 1.38 bits per heavy atom. The van der Waals surface area contributed by atoms with Crippen molar-refractivity contribution in [2.45, 2.75) is 6.42 Å². The molecule has 0 aromatic carbocycles. The number of oxazole rings is 1. The van der Waals surface area contributed by atoms with Crippen molar-refractivity contribution in [1.82, 2.24) is 9.97 Å². The van der Waals surface area contributed by atoms with E-state index in [1.807, 2.05) is 12.1 Å². The molecule has 2 rings (SSSR count). The normalized spacial score (nSPS) is 10.2. The number of nitrogens with two attached hydrogens (primary N) is 1. The van der Waals surface area contributed by atoms with Gasteiger partial charge in [0.1, 0.15) is 5.76 Å². The molecule has 0 aliphatic heterocycles. The summed E-state index contributed by atoms with van der Waals surface area (Å²) >= 11 is 0. The van der Waals surface area contributed by atoms with Crippen LogP contribution in [0.2, 0.25) is 0 Å². The molecule has 4 nitrogen and oxygen atoms in total. The molecule has 13 heavy (non-hydrogen) atoms. The zero-order valence-electron chi connectivity index (χ0n) is 6.97. The first kappa shape index (κ1) is 7.79. The Morgan fingerprint density at radius 2 is 2.31 bits per heavy atom. The Bertz CT molecular complexity index is 383. The highest BCUT2D eigenvalue weighted by Crippen LogP contribution is 2.10. The molecule has 0 radical (unpaired) electrons. The van der Waals surface area contributed by atoms with Crippen LogP contribution in [0.1, 0.15) is 11.3 Å². The van der Waals surface area contributed by atoms with Gasteiger partial charge < -0.3 is 10.2 Å². The van der Waals surface area contributed by atoms with Gasteiger partial charge in [-0.05, 0) is 11.6 Å². The molecule has 4 heteroatoms. The van der Waals surface area contributed by atoms with Crippen molar-refractivity contribution in [3.8, 4) is 0 Å². The first-order valence-corrected chi connectivity index (χ1v) is 3.93. The Kier molecular flexibility index (Phi) is 1.96. The summed E-state index contributed by atoms with van der Waals surface area (Å²) in [6, 6.07) is 4.07. The topological polar surface area (TPSA) is 64.9 Å². The minimum atomic E-state index is 0.207. The van der Waals surface area contributed by atoms with Crippen LogP contribution in [0.25, 0.3) is 0 Å². The van der Waals surface area contributed by atoms with Gasteiger partial charge in [0, 0.05) is 18.8 Å². The molecule has 2 N–H and O–H groups in total. The summed E-state index contributed by atoms with van der Waals surface area (Å²) in [6.45, 7) is 0. The monoisotopic (exact) mass is 175 g/mol. The van der Waals surface area contributed by atoms with Crippen molar-refractivity contribution >= 4 is 6.01 Å². The SMILES string of the molecule is Nc1ncc(Cc2cccnc2)o1. The Hall–Kier alpha value is -1.84.